The van der Waals surface area contributed by atoms with Crippen LogP contribution in [0.5, 0.6) is 0 Å². The summed E-state index contributed by atoms with van der Waals surface area (Å²) >= 11 is 0. The van der Waals surface area contributed by atoms with E-state index < -0.39 is 16.5 Å². The fraction of sp³-hybridized carbons (Fsp3) is 0.133. The highest BCUT2D eigenvalue weighted by Gasteiger charge is 2.16. The van der Waals surface area contributed by atoms with E-state index >= 15 is 0 Å². The third-order valence-electron chi connectivity index (χ3n) is 3.56. The fourth-order valence-electron chi connectivity index (χ4n) is 2.35. The number of aromatic nitrogens is 3. The molecule has 3 aromatic rings. The summed E-state index contributed by atoms with van der Waals surface area (Å²) < 4.78 is 2.36. The molecule has 0 aliphatic carbocycles. The van der Waals surface area contributed by atoms with Crippen LogP contribution in [-0.4, -0.2) is 25.0 Å². The Bertz CT molecular complexity index is 1000. The van der Waals surface area contributed by atoms with Crippen LogP contribution >= 0.6 is 0 Å². The van der Waals surface area contributed by atoms with Gasteiger partial charge >= 0.3 is 5.69 Å². The van der Waals surface area contributed by atoms with Gasteiger partial charge in [-0.3, -0.25) is 19.3 Å². The number of hydrogen-bond acceptors (Lipinski definition) is 5. The average Bonchev–Trinajstić information content (AvgIpc) is 2.85. The number of amides is 1. The molecule has 0 radical (unpaired) electrons. The van der Waals surface area contributed by atoms with Crippen molar-refractivity contribution in [2.75, 3.05) is 5.32 Å². The van der Waals surface area contributed by atoms with E-state index in [1.807, 2.05) is 0 Å². The maximum atomic E-state index is 12.2. The number of carbonyl (C=O) groups is 1. The number of nitrogens with one attached hydrogen (secondary N) is 1. The minimum Gasteiger partial charge on any atom is -0.324 e. The number of pyridine rings is 1. The van der Waals surface area contributed by atoms with Crippen LogP contribution < -0.4 is 11.0 Å². The standard InChI is InChI=1S/C15H13N5O4/c1-10-11(5-4-6-12(10)20(23)24)16-14(21)9-19-15(22)18-8-3-2-7-13(18)17-19/h2-8H,9H2,1H3,(H,16,21). The molecule has 2 aromatic heterocycles. The monoisotopic (exact) mass is 327 g/mol. The number of nitro benzene ring substituents is 1. The van der Waals surface area contributed by atoms with Crippen molar-refractivity contribution in [2.45, 2.75) is 13.5 Å². The van der Waals surface area contributed by atoms with Crippen molar-refractivity contribution in [2.24, 2.45) is 0 Å². The van der Waals surface area contributed by atoms with E-state index in [2.05, 4.69) is 10.4 Å². The second-order valence-corrected chi connectivity index (χ2v) is 5.12. The van der Waals surface area contributed by atoms with Gasteiger partial charge in [-0.05, 0) is 25.1 Å². The Hall–Kier alpha value is -3.49. The lowest BCUT2D eigenvalue weighted by Crippen LogP contribution is -2.28. The summed E-state index contributed by atoms with van der Waals surface area (Å²) in [5.74, 6) is -0.496. The summed E-state index contributed by atoms with van der Waals surface area (Å²) in [5, 5.41) is 17.6. The zero-order chi connectivity index (χ0) is 17.3. The maximum Gasteiger partial charge on any atom is 0.350 e. The van der Waals surface area contributed by atoms with Crippen molar-refractivity contribution < 1.29 is 9.72 Å². The summed E-state index contributed by atoms with van der Waals surface area (Å²) in [5.41, 5.74) is 0.584. The van der Waals surface area contributed by atoms with E-state index in [1.165, 1.54) is 16.5 Å². The Morgan fingerprint density at radius 1 is 1.29 bits per heavy atom. The van der Waals surface area contributed by atoms with Crippen molar-refractivity contribution in [1.29, 1.82) is 0 Å². The van der Waals surface area contributed by atoms with Gasteiger partial charge in [-0.25, -0.2) is 9.48 Å². The van der Waals surface area contributed by atoms with Gasteiger partial charge in [0.2, 0.25) is 5.91 Å². The molecule has 0 spiro atoms. The molecule has 1 amide bonds. The number of fused-ring (bicyclic) bond motifs is 1. The lowest BCUT2D eigenvalue weighted by Gasteiger charge is -2.08. The van der Waals surface area contributed by atoms with Gasteiger partial charge in [-0.2, -0.15) is 0 Å². The summed E-state index contributed by atoms with van der Waals surface area (Å²) in [7, 11) is 0. The first-order valence-corrected chi connectivity index (χ1v) is 7.05. The summed E-state index contributed by atoms with van der Waals surface area (Å²) in [4.78, 5) is 34.7. The molecule has 9 nitrogen and oxygen atoms in total. The van der Waals surface area contributed by atoms with Crippen LogP contribution in [-0.2, 0) is 11.3 Å². The van der Waals surface area contributed by atoms with Gasteiger partial charge in [0, 0.05) is 12.3 Å². The largest absolute Gasteiger partial charge is 0.350 e. The van der Waals surface area contributed by atoms with Gasteiger partial charge in [0.05, 0.1) is 16.2 Å². The van der Waals surface area contributed by atoms with Gasteiger partial charge in [0.1, 0.15) is 6.54 Å². The number of carbonyl (C=O) groups excluding carboxylic acids is 1. The Balaban J connectivity index is 1.83. The normalized spacial score (nSPS) is 10.7. The van der Waals surface area contributed by atoms with Gasteiger partial charge in [0.15, 0.2) is 5.65 Å². The number of hydrogen-bond donors (Lipinski definition) is 1. The van der Waals surface area contributed by atoms with Crippen molar-refractivity contribution in [3.8, 4) is 0 Å². The highest BCUT2D eigenvalue weighted by atomic mass is 16.6. The lowest BCUT2D eigenvalue weighted by atomic mass is 10.1. The highest BCUT2D eigenvalue weighted by Crippen LogP contribution is 2.24. The molecule has 3 rings (SSSR count). The Morgan fingerprint density at radius 3 is 2.79 bits per heavy atom. The molecule has 0 saturated carbocycles. The molecule has 0 aliphatic heterocycles. The Kier molecular flexibility index (Phi) is 3.82. The smallest absolute Gasteiger partial charge is 0.324 e. The summed E-state index contributed by atoms with van der Waals surface area (Å²) in [6.07, 6.45) is 1.56. The summed E-state index contributed by atoms with van der Waals surface area (Å²) in [6.45, 7) is 1.26. The molecule has 0 atom stereocenters. The number of rotatable bonds is 4. The fourth-order valence-corrected chi connectivity index (χ4v) is 2.35. The molecule has 1 N–H and O–H groups in total. The molecule has 122 valence electrons. The van der Waals surface area contributed by atoms with E-state index in [-0.39, 0.29) is 12.2 Å². The maximum absolute atomic E-state index is 12.2. The summed E-state index contributed by atoms with van der Waals surface area (Å²) in [6, 6.07) is 9.48. The first kappa shape index (κ1) is 15.4. The zero-order valence-electron chi connectivity index (χ0n) is 12.7. The van der Waals surface area contributed by atoms with Crippen LogP contribution in [0.15, 0.2) is 47.4 Å². The lowest BCUT2D eigenvalue weighted by molar-refractivity contribution is -0.385. The SMILES string of the molecule is Cc1c(NC(=O)Cn2nc3ccccn3c2=O)cccc1[N+](=O)[O-]. The second-order valence-electron chi connectivity index (χ2n) is 5.12. The first-order valence-electron chi connectivity index (χ1n) is 7.05. The first-order chi connectivity index (χ1) is 11.5. The van der Waals surface area contributed by atoms with E-state index in [0.29, 0.717) is 16.9 Å². The molecular weight excluding hydrogens is 314 g/mol. The number of nitrogens with zero attached hydrogens (tertiary/aromatic N) is 4. The molecule has 2 heterocycles. The van der Waals surface area contributed by atoms with E-state index in [0.717, 1.165) is 4.68 Å². The van der Waals surface area contributed by atoms with Crippen LogP contribution in [0, 0.1) is 17.0 Å². The van der Waals surface area contributed by atoms with E-state index in [9.17, 15) is 19.7 Å². The minimum absolute atomic E-state index is 0.0855. The number of anilines is 1. The van der Waals surface area contributed by atoms with Crippen LogP contribution in [0.1, 0.15) is 5.56 Å². The van der Waals surface area contributed by atoms with Gasteiger partial charge < -0.3 is 5.32 Å². The molecular formula is C15H13N5O4. The zero-order valence-corrected chi connectivity index (χ0v) is 12.7. The topological polar surface area (TPSA) is 112 Å². The third-order valence-corrected chi connectivity index (χ3v) is 3.56. The number of nitro groups is 1. The van der Waals surface area contributed by atoms with Crippen molar-refractivity contribution in [3.63, 3.8) is 0 Å². The number of benzene rings is 1. The van der Waals surface area contributed by atoms with Crippen LogP contribution in [0.4, 0.5) is 11.4 Å². The van der Waals surface area contributed by atoms with Gasteiger partial charge in [0.25, 0.3) is 5.69 Å². The Morgan fingerprint density at radius 2 is 2.08 bits per heavy atom. The van der Waals surface area contributed by atoms with E-state index in [1.54, 1.807) is 37.4 Å². The molecule has 1 aromatic carbocycles. The molecule has 0 fully saturated rings. The molecule has 24 heavy (non-hydrogen) atoms. The third kappa shape index (κ3) is 2.74. The predicted octanol–water partition coefficient (Wildman–Crippen LogP) is 1.35. The van der Waals surface area contributed by atoms with Crippen LogP contribution in [0.2, 0.25) is 0 Å². The van der Waals surface area contributed by atoms with Crippen LogP contribution in [0.25, 0.3) is 5.65 Å². The molecule has 0 unspecified atom stereocenters. The van der Waals surface area contributed by atoms with Gasteiger partial charge in [-0.15, -0.1) is 5.10 Å². The van der Waals surface area contributed by atoms with E-state index in [4.69, 9.17) is 0 Å². The molecule has 0 aliphatic rings. The Labute approximate surface area is 135 Å². The van der Waals surface area contributed by atoms with Crippen molar-refractivity contribution in [3.05, 3.63) is 68.8 Å². The second kappa shape index (κ2) is 5.95. The molecule has 0 bridgehead atoms. The van der Waals surface area contributed by atoms with Crippen molar-refractivity contribution in [1.82, 2.24) is 14.2 Å². The molecule has 0 saturated heterocycles. The van der Waals surface area contributed by atoms with Crippen molar-refractivity contribution >= 4 is 22.9 Å². The van der Waals surface area contributed by atoms with Gasteiger partial charge in [-0.1, -0.05) is 12.1 Å². The minimum atomic E-state index is -0.516. The van der Waals surface area contributed by atoms with Crippen LogP contribution in [0.3, 0.4) is 0 Å². The quantitative estimate of drug-likeness (QED) is 0.574. The predicted molar refractivity (Wildman–Crippen MR) is 85.9 cm³/mol. The molecule has 9 heteroatoms. The highest BCUT2D eigenvalue weighted by molar-refractivity contribution is 5.91. The average molecular weight is 327 g/mol.